The summed E-state index contributed by atoms with van der Waals surface area (Å²) in [5, 5.41) is 7.56. The second-order valence-electron chi connectivity index (χ2n) is 6.78. The Hall–Kier alpha value is -2.85. The van der Waals surface area contributed by atoms with Gasteiger partial charge in [0.05, 0.1) is 11.3 Å². The van der Waals surface area contributed by atoms with Gasteiger partial charge < -0.3 is 10.6 Å². The van der Waals surface area contributed by atoms with E-state index in [-0.39, 0.29) is 5.56 Å². The minimum Gasteiger partial charge on any atom is -0.340 e. The standard InChI is InChI=1S/C22H20F3N3O2S2/c1-31-12-11-17(26-19(29)15-7-9-16(10-8-15)22(23,24)25)20(30)28-21-27-18(13-32-21)14-5-3-2-4-6-14/h2-10,13,17H,11-12H2,1H3,(H,26,29)(H,27,28,30)/t17-/m0/s1. The Morgan fingerprint density at radius 3 is 2.41 bits per heavy atom. The van der Waals surface area contributed by atoms with Crippen LogP contribution in [0.15, 0.2) is 60.0 Å². The third-order valence-electron chi connectivity index (χ3n) is 4.51. The topological polar surface area (TPSA) is 71.1 Å². The number of hydrogen-bond donors (Lipinski definition) is 2. The average molecular weight is 480 g/mol. The molecule has 3 rings (SSSR count). The second-order valence-corrected chi connectivity index (χ2v) is 8.62. The zero-order valence-corrected chi connectivity index (χ0v) is 18.6. The summed E-state index contributed by atoms with van der Waals surface area (Å²) in [6, 6.07) is 12.5. The zero-order chi connectivity index (χ0) is 23.1. The SMILES string of the molecule is CSCC[C@H](NC(=O)c1ccc(C(F)(F)F)cc1)C(=O)Nc1nc(-c2ccccc2)cs1. The van der Waals surface area contributed by atoms with E-state index in [2.05, 4.69) is 15.6 Å². The van der Waals surface area contributed by atoms with E-state index < -0.39 is 29.6 Å². The van der Waals surface area contributed by atoms with Gasteiger partial charge in [-0.25, -0.2) is 4.98 Å². The number of aromatic nitrogens is 1. The molecule has 5 nitrogen and oxygen atoms in total. The lowest BCUT2D eigenvalue weighted by atomic mass is 10.1. The minimum atomic E-state index is -4.48. The molecule has 0 saturated carbocycles. The highest BCUT2D eigenvalue weighted by molar-refractivity contribution is 7.98. The monoisotopic (exact) mass is 479 g/mol. The van der Waals surface area contributed by atoms with Crippen molar-refractivity contribution < 1.29 is 22.8 Å². The molecule has 168 valence electrons. The maximum Gasteiger partial charge on any atom is 0.416 e. The maximum absolute atomic E-state index is 12.8. The number of amides is 2. The van der Waals surface area contributed by atoms with Crippen LogP contribution in [0.4, 0.5) is 18.3 Å². The number of thiazole rings is 1. The van der Waals surface area contributed by atoms with Gasteiger partial charge in [-0.3, -0.25) is 9.59 Å². The molecule has 2 aromatic carbocycles. The lowest BCUT2D eigenvalue weighted by molar-refractivity contribution is -0.137. The van der Waals surface area contributed by atoms with Gasteiger partial charge in [0.15, 0.2) is 5.13 Å². The van der Waals surface area contributed by atoms with Gasteiger partial charge in [-0.1, -0.05) is 30.3 Å². The number of halogens is 3. The molecule has 0 bridgehead atoms. The molecule has 0 aliphatic rings. The van der Waals surface area contributed by atoms with Crippen LogP contribution in [0, 0.1) is 0 Å². The number of nitrogens with one attached hydrogen (secondary N) is 2. The normalized spacial score (nSPS) is 12.2. The van der Waals surface area contributed by atoms with Crippen LogP contribution in [-0.2, 0) is 11.0 Å². The number of carbonyl (C=O) groups is 2. The quantitative estimate of drug-likeness (QED) is 0.459. The van der Waals surface area contributed by atoms with Crippen molar-refractivity contribution in [3.63, 3.8) is 0 Å². The van der Waals surface area contributed by atoms with Gasteiger partial charge in [0, 0.05) is 16.5 Å². The fraction of sp³-hybridized carbons (Fsp3) is 0.227. The molecule has 0 unspecified atom stereocenters. The highest BCUT2D eigenvalue weighted by Gasteiger charge is 2.30. The Kier molecular flexibility index (Phi) is 7.92. The van der Waals surface area contributed by atoms with Gasteiger partial charge in [-0.05, 0) is 42.7 Å². The molecule has 0 aliphatic carbocycles. The molecule has 3 aromatic rings. The Morgan fingerprint density at radius 1 is 1.09 bits per heavy atom. The second kappa shape index (κ2) is 10.6. The largest absolute Gasteiger partial charge is 0.416 e. The fourth-order valence-electron chi connectivity index (χ4n) is 2.82. The predicted octanol–water partition coefficient (Wildman–Crippen LogP) is 5.32. The number of carbonyl (C=O) groups excluding carboxylic acids is 2. The number of nitrogens with zero attached hydrogens (tertiary/aromatic N) is 1. The minimum absolute atomic E-state index is 0.0422. The predicted molar refractivity (Wildman–Crippen MR) is 122 cm³/mol. The Morgan fingerprint density at radius 2 is 1.78 bits per heavy atom. The molecule has 1 aromatic heterocycles. The Labute approximate surface area is 191 Å². The lowest BCUT2D eigenvalue weighted by Gasteiger charge is -2.17. The van der Waals surface area contributed by atoms with Crippen LogP contribution in [0.3, 0.4) is 0 Å². The summed E-state index contributed by atoms with van der Waals surface area (Å²) in [6.45, 7) is 0. The number of alkyl halides is 3. The Bertz CT molecular complexity index is 1050. The first-order chi connectivity index (χ1) is 15.3. The van der Waals surface area contributed by atoms with Crippen LogP contribution in [0.5, 0.6) is 0 Å². The van der Waals surface area contributed by atoms with E-state index >= 15 is 0 Å². The van der Waals surface area contributed by atoms with Crippen molar-refractivity contribution in [2.24, 2.45) is 0 Å². The van der Waals surface area contributed by atoms with Crippen LogP contribution >= 0.6 is 23.1 Å². The van der Waals surface area contributed by atoms with E-state index in [9.17, 15) is 22.8 Å². The molecule has 0 fully saturated rings. The molecule has 0 saturated heterocycles. The molecule has 1 atom stereocenters. The van der Waals surface area contributed by atoms with Crippen LogP contribution in [0.25, 0.3) is 11.3 Å². The maximum atomic E-state index is 12.8. The van der Waals surface area contributed by atoms with Gasteiger partial charge in [0.2, 0.25) is 5.91 Å². The van der Waals surface area contributed by atoms with Gasteiger partial charge in [-0.2, -0.15) is 24.9 Å². The summed E-state index contributed by atoms with van der Waals surface area (Å²) >= 11 is 2.78. The lowest BCUT2D eigenvalue weighted by Crippen LogP contribution is -2.44. The molecule has 0 spiro atoms. The third-order valence-corrected chi connectivity index (χ3v) is 5.91. The first-order valence-electron chi connectivity index (χ1n) is 9.57. The highest BCUT2D eigenvalue weighted by Crippen LogP contribution is 2.29. The molecular formula is C22H20F3N3O2S2. The summed E-state index contributed by atoms with van der Waals surface area (Å²) in [6.07, 6.45) is -2.25. The number of anilines is 1. The number of rotatable bonds is 8. The molecular weight excluding hydrogens is 459 g/mol. The molecule has 1 heterocycles. The van der Waals surface area contributed by atoms with Crippen molar-refractivity contribution >= 4 is 40.0 Å². The fourth-order valence-corrected chi connectivity index (χ4v) is 4.02. The van der Waals surface area contributed by atoms with Crippen molar-refractivity contribution in [2.75, 3.05) is 17.3 Å². The number of benzene rings is 2. The molecule has 2 amide bonds. The summed E-state index contributed by atoms with van der Waals surface area (Å²) in [5.41, 5.74) is 0.837. The average Bonchev–Trinajstić information content (AvgIpc) is 3.25. The van der Waals surface area contributed by atoms with E-state index in [4.69, 9.17) is 0 Å². The smallest absolute Gasteiger partial charge is 0.340 e. The van der Waals surface area contributed by atoms with Crippen LogP contribution in [0.2, 0.25) is 0 Å². The molecule has 0 radical (unpaired) electrons. The Balaban J connectivity index is 1.68. The third kappa shape index (κ3) is 6.33. The van der Waals surface area contributed by atoms with Crippen LogP contribution in [-0.4, -0.2) is 34.8 Å². The molecule has 32 heavy (non-hydrogen) atoms. The van der Waals surface area contributed by atoms with Gasteiger partial charge in [-0.15, -0.1) is 11.3 Å². The molecule has 10 heteroatoms. The van der Waals surface area contributed by atoms with Crippen molar-refractivity contribution in [2.45, 2.75) is 18.6 Å². The first kappa shape index (κ1) is 23.8. The van der Waals surface area contributed by atoms with Crippen LogP contribution in [0.1, 0.15) is 22.3 Å². The van der Waals surface area contributed by atoms with Crippen molar-refractivity contribution in [1.82, 2.24) is 10.3 Å². The molecule has 0 aliphatic heterocycles. The van der Waals surface area contributed by atoms with Gasteiger partial charge in [0.25, 0.3) is 5.91 Å². The summed E-state index contributed by atoms with van der Waals surface area (Å²) < 4.78 is 38.2. The van der Waals surface area contributed by atoms with Crippen molar-refractivity contribution in [3.8, 4) is 11.3 Å². The van der Waals surface area contributed by atoms with Gasteiger partial charge in [0.1, 0.15) is 6.04 Å². The number of thioether (sulfide) groups is 1. The zero-order valence-electron chi connectivity index (χ0n) is 17.0. The van der Waals surface area contributed by atoms with E-state index in [1.807, 2.05) is 42.0 Å². The van der Waals surface area contributed by atoms with Crippen molar-refractivity contribution in [1.29, 1.82) is 0 Å². The number of hydrogen-bond acceptors (Lipinski definition) is 5. The van der Waals surface area contributed by atoms with E-state index in [0.717, 1.165) is 35.5 Å². The highest BCUT2D eigenvalue weighted by atomic mass is 32.2. The molecule has 2 N–H and O–H groups in total. The van der Waals surface area contributed by atoms with Gasteiger partial charge >= 0.3 is 6.18 Å². The van der Waals surface area contributed by atoms with E-state index in [1.165, 1.54) is 23.1 Å². The summed E-state index contributed by atoms with van der Waals surface area (Å²) in [4.78, 5) is 29.7. The van der Waals surface area contributed by atoms with E-state index in [0.29, 0.717) is 17.3 Å². The van der Waals surface area contributed by atoms with Crippen LogP contribution < -0.4 is 10.6 Å². The summed E-state index contributed by atoms with van der Waals surface area (Å²) in [7, 11) is 0. The van der Waals surface area contributed by atoms with E-state index in [1.54, 1.807) is 0 Å². The summed E-state index contributed by atoms with van der Waals surface area (Å²) in [5.74, 6) is -0.448. The van der Waals surface area contributed by atoms with Crippen molar-refractivity contribution in [3.05, 3.63) is 71.1 Å². The first-order valence-corrected chi connectivity index (χ1v) is 11.8.